The Kier molecular flexibility index (Phi) is 35.5. The molecule has 0 radical (unpaired) electrons. The van der Waals surface area contributed by atoms with Gasteiger partial charge in [0.25, 0.3) is 0 Å². The molecule has 2 aromatic rings. The van der Waals surface area contributed by atoms with E-state index in [9.17, 15) is 19.2 Å². The summed E-state index contributed by atoms with van der Waals surface area (Å²) in [6.07, 6.45) is 7.42. The van der Waals surface area contributed by atoms with Gasteiger partial charge in [-0.15, -0.1) is 0 Å². The van der Waals surface area contributed by atoms with Crippen molar-refractivity contribution < 1.29 is 78.3 Å². The molecular weight excluding hydrogens is 651 g/mol. The zero-order valence-electron chi connectivity index (χ0n) is 31.3. The minimum Gasteiger partial charge on any atom is -0.857 e. The molecular formula is C39H57NaO10. The number of hydrogen-bond acceptors (Lipinski definition) is 10. The number of ketones is 2. The van der Waals surface area contributed by atoms with E-state index in [0.717, 1.165) is 43.9 Å². The molecule has 0 bridgehead atoms. The summed E-state index contributed by atoms with van der Waals surface area (Å²) < 4.78 is 15.0. The fraction of sp³-hybridized carbons (Fsp3) is 0.487. The van der Waals surface area contributed by atoms with E-state index in [2.05, 4.69) is 0 Å². The summed E-state index contributed by atoms with van der Waals surface area (Å²) in [4.78, 5) is 46.7. The molecule has 2 unspecified atom stereocenters. The number of benzene rings is 2. The van der Waals surface area contributed by atoms with Crippen molar-refractivity contribution in [2.45, 2.75) is 66.2 Å². The molecule has 11 heteroatoms. The van der Waals surface area contributed by atoms with Crippen LogP contribution in [0.3, 0.4) is 0 Å². The number of carbonyl (C=O) groups excluding carboxylic acids is 4. The number of ether oxygens (including phenoxy) is 3. The summed E-state index contributed by atoms with van der Waals surface area (Å²) >= 11 is 0. The quantitative estimate of drug-likeness (QED) is 0.102. The number of unbranched alkanes of at least 4 members (excludes halogenated alkanes) is 2. The maximum Gasteiger partial charge on any atom is 1.00 e. The molecule has 0 aromatic heterocycles. The summed E-state index contributed by atoms with van der Waals surface area (Å²) in [5.41, 5.74) is 2.90. The van der Waals surface area contributed by atoms with E-state index in [0.29, 0.717) is 37.2 Å². The summed E-state index contributed by atoms with van der Waals surface area (Å²) in [6.45, 7) is 8.12. The molecule has 2 aromatic carbocycles. The van der Waals surface area contributed by atoms with Crippen LogP contribution in [0.2, 0.25) is 0 Å². The number of Topliss-reactive ketones (excluding diaryl/α,β-unsaturated/α-hetero) is 2. The molecule has 2 atom stereocenters. The predicted molar refractivity (Wildman–Crippen MR) is 191 cm³/mol. The molecule has 0 amide bonds. The Labute approximate surface area is 321 Å². The van der Waals surface area contributed by atoms with Gasteiger partial charge in [0.1, 0.15) is 11.6 Å². The number of aliphatic hydroxyl groups is 2. The Morgan fingerprint density at radius 2 is 1.04 bits per heavy atom. The second-order valence-electron chi connectivity index (χ2n) is 11.1. The smallest absolute Gasteiger partial charge is 0.857 e. The number of rotatable bonds is 18. The first-order valence-corrected chi connectivity index (χ1v) is 16.4. The monoisotopic (exact) mass is 708 g/mol. The second-order valence-corrected chi connectivity index (χ2v) is 11.1. The van der Waals surface area contributed by atoms with Gasteiger partial charge in [-0.25, -0.2) is 9.59 Å². The Bertz CT molecular complexity index is 1230. The van der Waals surface area contributed by atoms with Gasteiger partial charge in [-0.2, -0.15) is 7.11 Å². The van der Waals surface area contributed by atoms with E-state index < -0.39 is 0 Å². The molecule has 10 nitrogen and oxygen atoms in total. The largest absolute Gasteiger partial charge is 1.00 e. The van der Waals surface area contributed by atoms with Gasteiger partial charge >= 0.3 is 41.5 Å². The van der Waals surface area contributed by atoms with E-state index >= 15 is 0 Å². The number of aliphatic hydroxyl groups excluding tert-OH is 2. The summed E-state index contributed by atoms with van der Waals surface area (Å²) in [5, 5.41) is 24.4. The molecule has 50 heavy (non-hydrogen) atoms. The van der Waals surface area contributed by atoms with Crippen LogP contribution in [0.1, 0.15) is 77.3 Å². The number of methoxy groups -OCH3 is 2. The average Bonchev–Trinajstić information content (AvgIpc) is 3.11. The van der Waals surface area contributed by atoms with Crippen LogP contribution in [-0.2, 0) is 33.4 Å². The molecule has 0 spiro atoms. The van der Waals surface area contributed by atoms with Crippen molar-refractivity contribution >= 4 is 35.7 Å². The van der Waals surface area contributed by atoms with Gasteiger partial charge in [-0.05, 0) is 75.7 Å². The fourth-order valence-electron chi connectivity index (χ4n) is 3.81. The van der Waals surface area contributed by atoms with Crippen molar-refractivity contribution in [3.63, 3.8) is 0 Å². The van der Waals surface area contributed by atoms with Crippen LogP contribution in [0.5, 0.6) is 0 Å². The van der Waals surface area contributed by atoms with Gasteiger partial charge < -0.3 is 29.5 Å². The normalized spacial score (nSPS) is 11.7. The zero-order valence-corrected chi connectivity index (χ0v) is 33.3. The van der Waals surface area contributed by atoms with E-state index in [1.807, 2.05) is 74.5 Å². The first-order valence-electron chi connectivity index (χ1n) is 16.4. The Morgan fingerprint density at radius 1 is 0.660 bits per heavy atom. The van der Waals surface area contributed by atoms with Crippen LogP contribution >= 0.6 is 0 Å². The van der Waals surface area contributed by atoms with Crippen molar-refractivity contribution in [2.75, 3.05) is 47.8 Å². The number of hydrogen-bond donors (Lipinski definition) is 2. The molecule has 0 aliphatic carbocycles. The van der Waals surface area contributed by atoms with E-state index in [1.54, 1.807) is 26.2 Å². The van der Waals surface area contributed by atoms with Crippen molar-refractivity contribution in [2.24, 2.45) is 11.8 Å². The van der Waals surface area contributed by atoms with Gasteiger partial charge in [-0.1, -0.05) is 74.5 Å². The molecule has 0 fully saturated rings. The maximum atomic E-state index is 12.3. The third-order valence-electron chi connectivity index (χ3n) is 6.97. The molecule has 0 heterocycles. The van der Waals surface area contributed by atoms with E-state index in [4.69, 9.17) is 29.5 Å². The van der Waals surface area contributed by atoms with Crippen molar-refractivity contribution in [3.05, 3.63) is 82.9 Å². The van der Waals surface area contributed by atoms with Gasteiger partial charge in [0, 0.05) is 49.9 Å². The van der Waals surface area contributed by atoms with Crippen molar-refractivity contribution in [1.29, 1.82) is 0 Å². The van der Waals surface area contributed by atoms with Crippen LogP contribution in [-0.4, -0.2) is 81.5 Å². The Hall–Kier alpha value is -2.96. The first-order chi connectivity index (χ1) is 23.5. The molecule has 0 aliphatic rings. The van der Waals surface area contributed by atoms with Gasteiger partial charge in [-0.3, -0.25) is 9.59 Å². The molecule has 0 saturated heterocycles. The van der Waals surface area contributed by atoms with E-state index in [1.165, 1.54) is 14.0 Å². The van der Waals surface area contributed by atoms with Gasteiger partial charge in [0.15, 0.2) is 0 Å². The Morgan fingerprint density at radius 3 is 1.38 bits per heavy atom. The van der Waals surface area contributed by atoms with Crippen LogP contribution in [0.15, 0.2) is 71.8 Å². The summed E-state index contributed by atoms with van der Waals surface area (Å²) in [7, 11) is 3.75. The third kappa shape index (κ3) is 26.8. The zero-order chi connectivity index (χ0) is 37.5. The number of esters is 2. The predicted octanol–water partition coefficient (Wildman–Crippen LogP) is 2.24. The topological polar surface area (TPSA) is 159 Å². The molecule has 2 N–H and O–H groups in total. The Balaban J connectivity index is -0.000000728. The molecule has 0 aliphatic heterocycles. The minimum atomic E-state index is -0.382. The first kappa shape index (κ1) is 51.4. The SMILES string of the molecule is COC(=O)/C(=C/c1ccccc1)CC(C)C(C)=O.COCCCCOC(=O)/C(=C/c1ccccc1)CC(C)C(C)=O.C[O-].OCCCCO.[Na+]. The maximum absolute atomic E-state index is 12.3. The molecule has 274 valence electrons. The van der Waals surface area contributed by atoms with Crippen LogP contribution < -0.4 is 34.7 Å². The van der Waals surface area contributed by atoms with Gasteiger partial charge in [0.05, 0.1) is 13.7 Å². The number of carbonyl (C=O) groups is 4. The summed E-state index contributed by atoms with van der Waals surface area (Å²) in [5.74, 6) is -0.980. The molecule has 2 rings (SSSR count). The third-order valence-corrected chi connectivity index (χ3v) is 6.97. The van der Waals surface area contributed by atoms with Crippen LogP contribution in [0.25, 0.3) is 12.2 Å². The second kappa shape index (κ2) is 34.5. The van der Waals surface area contributed by atoms with E-state index in [-0.39, 0.29) is 78.1 Å². The molecule has 0 saturated carbocycles. The standard InChI is InChI=1S/C19H26O4.C15H18O3.C4H10O2.CH3O.Na/c1-15(16(2)20)13-18(14-17-9-5-4-6-10-17)19(21)23-12-8-7-11-22-3;1-11(12(2)16)9-14(15(17)18-3)10-13-7-5-4-6-8-13;5-3-1-2-4-6;1-2;/h4-6,9-10,14-15H,7-8,11-13H2,1-3H3;4-8,10-11H,9H2,1-3H3;5-6H,1-4H2;1H3;/q;;;-1;+1/b18-14+;14-10+;;;. The van der Waals surface area contributed by atoms with Crippen LogP contribution in [0, 0.1) is 11.8 Å². The minimum absolute atomic E-state index is 0. The fourth-order valence-corrected chi connectivity index (χ4v) is 3.81. The van der Waals surface area contributed by atoms with Crippen molar-refractivity contribution in [1.82, 2.24) is 0 Å². The van der Waals surface area contributed by atoms with Gasteiger partial charge in [0.2, 0.25) is 0 Å². The average molecular weight is 709 g/mol. The summed E-state index contributed by atoms with van der Waals surface area (Å²) in [6, 6.07) is 19.1. The van der Waals surface area contributed by atoms with Crippen LogP contribution in [0.4, 0.5) is 0 Å². The van der Waals surface area contributed by atoms with Crippen molar-refractivity contribution in [3.8, 4) is 0 Å².